The highest BCUT2D eigenvalue weighted by Crippen LogP contribution is 2.31. The molecule has 2 atom stereocenters. The molecule has 1 aromatic rings. The number of nitrogens with one attached hydrogen (secondary N) is 1. The molecule has 1 aliphatic carbocycles. The summed E-state index contributed by atoms with van der Waals surface area (Å²) in [6.45, 7) is 3.62. The number of aliphatic hydroxyl groups excluding tert-OH is 1. The first-order valence-corrected chi connectivity index (χ1v) is 6.21. The second-order valence-corrected chi connectivity index (χ2v) is 5.68. The summed E-state index contributed by atoms with van der Waals surface area (Å²) in [7, 11) is 0. The van der Waals surface area contributed by atoms with Gasteiger partial charge >= 0.3 is 0 Å². The van der Waals surface area contributed by atoms with Gasteiger partial charge in [0.25, 0.3) is 0 Å². The normalized spacial score (nSPS) is 22.7. The van der Waals surface area contributed by atoms with Crippen molar-refractivity contribution in [3.63, 3.8) is 0 Å². The smallest absolute Gasteiger partial charge is 0.222 e. The van der Waals surface area contributed by atoms with Gasteiger partial charge in [-0.25, -0.2) is 0 Å². The Labute approximate surface area is 107 Å². The molecular formula is C14H20N2O2. The van der Waals surface area contributed by atoms with Gasteiger partial charge in [0.15, 0.2) is 0 Å². The molecule has 4 heteroatoms. The van der Waals surface area contributed by atoms with E-state index in [-0.39, 0.29) is 18.4 Å². The third-order valence-electron chi connectivity index (χ3n) is 3.14. The van der Waals surface area contributed by atoms with Gasteiger partial charge in [0, 0.05) is 18.4 Å². The van der Waals surface area contributed by atoms with E-state index in [9.17, 15) is 9.90 Å². The zero-order valence-electron chi connectivity index (χ0n) is 10.8. The molecule has 0 spiro atoms. The molecule has 18 heavy (non-hydrogen) atoms. The summed E-state index contributed by atoms with van der Waals surface area (Å²) in [6.07, 6.45) is 0.290. The monoisotopic (exact) mass is 248 g/mol. The van der Waals surface area contributed by atoms with E-state index in [0.29, 0.717) is 6.42 Å². The molecule has 0 saturated carbocycles. The lowest BCUT2D eigenvalue weighted by Gasteiger charge is -2.22. The molecule has 0 fully saturated rings. The maximum Gasteiger partial charge on any atom is 0.222 e. The van der Waals surface area contributed by atoms with Gasteiger partial charge in [0.2, 0.25) is 5.91 Å². The minimum absolute atomic E-state index is 0.122. The molecule has 4 nitrogen and oxygen atoms in total. The predicted octanol–water partition coefficient (Wildman–Crippen LogP) is 0.888. The fourth-order valence-corrected chi connectivity index (χ4v) is 2.39. The highest BCUT2D eigenvalue weighted by Gasteiger charge is 2.32. The van der Waals surface area contributed by atoms with E-state index in [1.807, 2.05) is 38.1 Å². The fraction of sp³-hybridized carbons (Fsp3) is 0.500. The van der Waals surface area contributed by atoms with Gasteiger partial charge in [-0.05, 0) is 25.0 Å². The standard InChI is InChI=1S/C14H20N2O2/c1-14(2,15)8-12(18)16-13-10-6-4-3-5-9(10)7-11(13)17/h3-6,11,13,17H,7-8,15H2,1-2H3,(H,16,18)/t11-,13+/m1/s1. The van der Waals surface area contributed by atoms with E-state index in [1.165, 1.54) is 0 Å². The molecular weight excluding hydrogens is 228 g/mol. The third-order valence-corrected chi connectivity index (χ3v) is 3.14. The predicted molar refractivity (Wildman–Crippen MR) is 69.9 cm³/mol. The Kier molecular flexibility index (Phi) is 3.41. The van der Waals surface area contributed by atoms with E-state index < -0.39 is 11.6 Å². The molecule has 1 amide bonds. The molecule has 0 aliphatic heterocycles. The van der Waals surface area contributed by atoms with Crippen LogP contribution in [0.25, 0.3) is 0 Å². The van der Waals surface area contributed by atoms with Crippen LogP contribution in [0.5, 0.6) is 0 Å². The van der Waals surface area contributed by atoms with Crippen molar-refractivity contribution in [2.75, 3.05) is 0 Å². The van der Waals surface area contributed by atoms with Gasteiger partial charge in [0.05, 0.1) is 12.1 Å². The summed E-state index contributed by atoms with van der Waals surface area (Å²) in [6, 6.07) is 7.49. The molecule has 1 aliphatic rings. The first-order valence-electron chi connectivity index (χ1n) is 6.21. The van der Waals surface area contributed by atoms with E-state index in [4.69, 9.17) is 5.73 Å². The Bertz CT molecular complexity index is 451. The van der Waals surface area contributed by atoms with Gasteiger partial charge in [-0.2, -0.15) is 0 Å². The van der Waals surface area contributed by atoms with Crippen LogP contribution in [-0.2, 0) is 11.2 Å². The lowest BCUT2D eigenvalue weighted by Crippen LogP contribution is -2.41. The van der Waals surface area contributed by atoms with Gasteiger partial charge in [-0.3, -0.25) is 4.79 Å². The first-order chi connectivity index (χ1) is 8.37. The van der Waals surface area contributed by atoms with Gasteiger partial charge < -0.3 is 16.2 Å². The summed E-state index contributed by atoms with van der Waals surface area (Å²) in [5, 5.41) is 12.9. The summed E-state index contributed by atoms with van der Waals surface area (Å²) in [5.74, 6) is -0.122. The number of amides is 1. The van der Waals surface area contributed by atoms with E-state index in [0.717, 1.165) is 11.1 Å². The quantitative estimate of drug-likeness (QED) is 0.743. The SMILES string of the molecule is CC(C)(N)CC(=O)N[C@H]1c2ccccc2C[C@H]1O. The number of rotatable bonds is 3. The van der Waals surface area contributed by atoms with Crippen molar-refractivity contribution in [3.8, 4) is 0 Å². The summed E-state index contributed by atoms with van der Waals surface area (Å²) in [4.78, 5) is 11.9. The van der Waals surface area contributed by atoms with Gasteiger partial charge in [-0.1, -0.05) is 24.3 Å². The Balaban J connectivity index is 2.08. The summed E-state index contributed by atoms with van der Waals surface area (Å²) in [5.41, 5.74) is 7.39. The number of benzene rings is 1. The number of carbonyl (C=O) groups is 1. The van der Waals surface area contributed by atoms with Crippen molar-refractivity contribution in [3.05, 3.63) is 35.4 Å². The lowest BCUT2D eigenvalue weighted by molar-refractivity contribution is -0.123. The minimum Gasteiger partial charge on any atom is -0.390 e. The highest BCUT2D eigenvalue weighted by molar-refractivity contribution is 5.78. The number of hydrogen-bond acceptors (Lipinski definition) is 3. The van der Waals surface area contributed by atoms with Crippen molar-refractivity contribution >= 4 is 5.91 Å². The molecule has 0 saturated heterocycles. The molecule has 2 rings (SSSR count). The average Bonchev–Trinajstić information content (AvgIpc) is 2.53. The molecule has 4 N–H and O–H groups in total. The van der Waals surface area contributed by atoms with Crippen molar-refractivity contribution in [2.45, 2.75) is 44.4 Å². The fourth-order valence-electron chi connectivity index (χ4n) is 2.39. The number of aliphatic hydroxyl groups is 1. The van der Waals surface area contributed by atoms with Crippen molar-refractivity contribution in [1.29, 1.82) is 0 Å². The van der Waals surface area contributed by atoms with Gasteiger partial charge in [-0.15, -0.1) is 0 Å². The maximum atomic E-state index is 11.9. The van der Waals surface area contributed by atoms with Crippen LogP contribution in [-0.4, -0.2) is 22.7 Å². The van der Waals surface area contributed by atoms with Gasteiger partial charge in [0.1, 0.15) is 0 Å². The lowest BCUT2D eigenvalue weighted by atomic mass is 10.0. The summed E-state index contributed by atoms with van der Waals surface area (Å²) >= 11 is 0. The van der Waals surface area contributed by atoms with Crippen LogP contribution in [0.4, 0.5) is 0 Å². The molecule has 1 aromatic carbocycles. The van der Waals surface area contributed by atoms with Crippen LogP contribution < -0.4 is 11.1 Å². The molecule has 0 aromatic heterocycles. The largest absolute Gasteiger partial charge is 0.390 e. The zero-order chi connectivity index (χ0) is 13.3. The van der Waals surface area contributed by atoms with Crippen LogP contribution in [0, 0.1) is 0 Å². The number of nitrogens with two attached hydrogens (primary N) is 1. The van der Waals surface area contributed by atoms with E-state index in [1.54, 1.807) is 0 Å². The number of fused-ring (bicyclic) bond motifs is 1. The van der Waals surface area contributed by atoms with Crippen LogP contribution in [0.3, 0.4) is 0 Å². The Morgan fingerprint density at radius 3 is 2.83 bits per heavy atom. The highest BCUT2D eigenvalue weighted by atomic mass is 16.3. The minimum atomic E-state index is -0.549. The third kappa shape index (κ3) is 2.89. The number of hydrogen-bond donors (Lipinski definition) is 3. The molecule has 0 radical (unpaired) electrons. The molecule has 0 heterocycles. The van der Waals surface area contributed by atoms with Crippen LogP contribution in [0.1, 0.15) is 37.4 Å². The van der Waals surface area contributed by atoms with Crippen molar-refractivity contribution in [2.24, 2.45) is 5.73 Å². The average molecular weight is 248 g/mol. The maximum absolute atomic E-state index is 11.9. The first kappa shape index (κ1) is 13.1. The Morgan fingerprint density at radius 2 is 2.17 bits per heavy atom. The second-order valence-electron chi connectivity index (χ2n) is 5.68. The zero-order valence-corrected chi connectivity index (χ0v) is 10.8. The Hall–Kier alpha value is -1.39. The van der Waals surface area contributed by atoms with E-state index in [2.05, 4.69) is 5.32 Å². The molecule has 0 bridgehead atoms. The van der Waals surface area contributed by atoms with Crippen LogP contribution >= 0.6 is 0 Å². The topological polar surface area (TPSA) is 75.4 Å². The molecule has 98 valence electrons. The van der Waals surface area contributed by atoms with Crippen molar-refractivity contribution < 1.29 is 9.90 Å². The van der Waals surface area contributed by atoms with Crippen molar-refractivity contribution in [1.82, 2.24) is 5.32 Å². The van der Waals surface area contributed by atoms with Crippen LogP contribution in [0.15, 0.2) is 24.3 Å². The Morgan fingerprint density at radius 1 is 1.50 bits per heavy atom. The molecule has 0 unspecified atom stereocenters. The second kappa shape index (κ2) is 4.71. The summed E-state index contributed by atoms with van der Waals surface area (Å²) < 4.78 is 0. The van der Waals surface area contributed by atoms with E-state index >= 15 is 0 Å². The van der Waals surface area contributed by atoms with Crippen LogP contribution in [0.2, 0.25) is 0 Å². The number of carbonyl (C=O) groups excluding carboxylic acids is 1.